The van der Waals surface area contributed by atoms with Crippen molar-refractivity contribution in [1.29, 1.82) is 0 Å². The fourth-order valence-electron chi connectivity index (χ4n) is 3.06. The summed E-state index contributed by atoms with van der Waals surface area (Å²) in [5, 5.41) is 5.31. The third-order valence-corrected chi connectivity index (χ3v) is 4.79. The van der Waals surface area contributed by atoms with E-state index in [4.69, 9.17) is 9.47 Å². The van der Waals surface area contributed by atoms with E-state index in [1.165, 1.54) is 6.07 Å². The monoisotopic (exact) mass is 516 g/mol. The van der Waals surface area contributed by atoms with E-state index in [0.717, 1.165) is 0 Å². The molecule has 0 bridgehead atoms. The molecule has 2 atom stereocenters. The van der Waals surface area contributed by atoms with Gasteiger partial charge in [-0.2, -0.15) is 0 Å². The number of alkyl carbamates (subject to hydrolysis) is 1. The number of carbonyl (C=O) groups excluding carboxylic acids is 3. The molecule has 0 radical (unpaired) electrons. The summed E-state index contributed by atoms with van der Waals surface area (Å²) in [7, 11) is 0. The Bertz CT molecular complexity index is 823. The molecule has 32 heavy (non-hydrogen) atoms. The molecule has 0 heterocycles. The lowest BCUT2D eigenvalue weighted by molar-refractivity contribution is -0.144. The molecule has 0 aliphatic heterocycles. The van der Waals surface area contributed by atoms with E-state index >= 15 is 0 Å². The Balaban J connectivity index is 3.19. The first-order valence-corrected chi connectivity index (χ1v) is 11.4. The lowest BCUT2D eigenvalue weighted by Gasteiger charge is -2.26. The molecule has 0 aliphatic carbocycles. The lowest BCUT2D eigenvalue weighted by Crippen LogP contribution is -2.49. The van der Waals surface area contributed by atoms with Gasteiger partial charge in [-0.15, -0.1) is 0 Å². The SMILES string of the molecule is CCOC(=O)C[C@H](NC(=O)[C@H](CC(C)C)NC(=O)OC(C)(C)C)c1cc(Br)cc(C)c1F. The Morgan fingerprint density at radius 1 is 1.16 bits per heavy atom. The van der Waals surface area contributed by atoms with Crippen molar-refractivity contribution >= 4 is 33.9 Å². The number of hydrogen-bond acceptors (Lipinski definition) is 5. The number of esters is 1. The summed E-state index contributed by atoms with van der Waals surface area (Å²) in [6, 6.07) is 1.22. The van der Waals surface area contributed by atoms with Crippen LogP contribution in [0.15, 0.2) is 16.6 Å². The minimum Gasteiger partial charge on any atom is -0.466 e. The van der Waals surface area contributed by atoms with Crippen molar-refractivity contribution in [1.82, 2.24) is 10.6 Å². The number of amides is 2. The highest BCUT2D eigenvalue weighted by Crippen LogP contribution is 2.27. The van der Waals surface area contributed by atoms with Crippen LogP contribution in [-0.4, -0.2) is 36.2 Å². The number of carbonyl (C=O) groups is 3. The molecule has 0 fully saturated rings. The Labute approximate surface area is 197 Å². The van der Waals surface area contributed by atoms with E-state index in [-0.39, 0.29) is 24.5 Å². The third-order valence-electron chi connectivity index (χ3n) is 4.33. The van der Waals surface area contributed by atoms with Gasteiger partial charge >= 0.3 is 12.1 Å². The second-order valence-electron chi connectivity index (χ2n) is 9.02. The fourth-order valence-corrected chi connectivity index (χ4v) is 3.65. The maximum Gasteiger partial charge on any atom is 0.408 e. The van der Waals surface area contributed by atoms with E-state index in [9.17, 15) is 18.8 Å². The highest BCUT2D eigenvalue weighted by atomic mass is 79.9. The van der Waals surface area contributed by atoms with Crippen LogP contribution in [0.25, 0.3) is 0 Å². The van der Waals surface area contributed by atoms with Crippen molar-refractivity contribution in [3.8, 4) is 0 Å². The van der Waals surface area contributed by atoms with Gasteiger partial charge in [0.15, 0.2) is 0 Å². The van der Waals surface area contributed by atoms with E-state index in [1.54, 1.807) is 40.7 Å². The van der Waals surface area contributed by atoms with Gasteiger partial charge in [-0.25, -0.2) is 9.18 Å². The number of ether oxygens (including phenoxy) is 2. The van der Waals surface area contributed by atoms with Gasteiger partial charge in [0.2, 0.25) is 5.91 Å². The molecule has 0 aliphatic rings. The summed E-state index contributed by atoms with van der Waals surface area (Å²) in [5.74, 6) is -1.57. The third kappa shape index (κ3) is 9.54. The highest BCUT2D eigenvalue weighted by molar-refractivity contribution is 9.10. The quantitative estimate of drug-likeness (QED) is 0.453. The molecule has 0 saturated heterocycles. The molecule has 180 valence electrons. The molecule has 2 amide bonds. The van der Waals surface area contributed by atoms with Crippen molar-refractivity contribution < 1.29 is 28.2 Å². The first-order valence-electron chi connectivity index (χ1n) is 10.6. The van der Waals surface area contributed by atoms with Gasteiger partial charge in [0.25, 0.3) is 0 Å². The Morgan fingerprint density at radius 3 is 2.31 bits per heavy atom. The van der Waals surface area contributed by atoms with Crippen molar-refractivity contribution in [3.63, 3.8) is 0 Å². The van der Waals surface area contributed by atoms with E-state index in [2.05, 4.69) is 26.6 Å². The molecular weight excluding hydrogens is 483 g/mol. The molecule has 0 spiro atoms. The number of aryl methyl sites for hydroxylation is 1. The van der Waals surface area contributed by atoms with Crippen LogP contribution in [0.2, 0.25) is 0 Å². The van der Waals surface area contributed by atoms with Crippen molar-refractivity contribution in [3.05, 3.63) is 33.5 Å². The Kier molecular flexibility index (Phi) is 10.6. The molecule has 7 nitrogen and oxygen atoms in total. The Hall–Kier alpha value is -2.16. The molecule has 1 aromatic rings. The summed E-state index contributed by atoms with van der Waals surface area (Å²) < 4.78 is 25.8. The number of halogens is 2. The second-order valence-corrected chi connectivity index (χ2v) is 9.94. The summed E-state index contributed by atoms with van der Waals surface area (Å²) in [6.07, 6.45) is -0.658. The van der Waals surface area contributed by atoms with Crippen molar-refractivity contribution in [2.75, 3.05) is 6.61 Å². The highest BCUT2D eigenvalue weighted by Gasteiger charge is 2.29. The van der Waals surface area contributed by atoms with E-state index in [1.807, 2.05) is 13.8 Å². The van der Waals surface area contributed by atoms with Crippen molar-refractivity contribution in [2.45, 2.75) is 79.0 Å². The molecule has 1 rings (SSSR count). The van der Waals surface area contributed by atoms with E-state index in [0.29, 0.717) is 16.5 Å². The zero-order valence-corrected chi connectivity index (χ0v) is 21.4. The molecule has 0 aromatic heterocycles. The summed E-state index contributed by atoms with van der Waals surface area (Å²) in [4.78, 5) is 37.6. The zero-order chi connectivity index (χ0) is 24.6. The van der Waals surface area contributed by atoms with Crippen molar-refractivity contribution in [2.24, 2.45) is 5.92 Å². The van der Waals surface area contributed by atoms with Gasteiger partial charge < -0.3 is 20.1 Å². The summed E-state index contributed by atoms with van der Waals surface area (Å²) in [5.41, 5.74) is -0.214. The molecule has 1 aromatic carbocycles. The molecule has 0 saturated carbocycles. The number of benzene rings is 1. The van der Waals surface area contributed by atoms with Crippen LogP contribution in [0.1, 0.15) is 71.6 Å². The van der Waals surface area contributed by atoms with Crippen LogP contribution in [0, 0.1) is 18.7 Å². The van der Waals surface area contributed by atoms with Gasteiger partial charge in [0.05, 0.1) is 19.1 Å². The van der Waals surface area contributed by atoms with Gasteiger partial charge in [0, 0.05) is 10.0 Å². The number of nitrogens with one attached hydrogen (secondary N) is 2. The summed E-state index contributed by atoms with van der Waals surface area (Å²) in [6.45, 7) is 12.4. The molecule has 9 heteroatoms. The Morgan fingerprint density at radius 2 is 1.78 bits per heavy atom. The van der Waals surface area contributed by atoms with E-state index < -0.39 is 41.5 Å². The van der Waals surface area contributed by atoms with Crippen LogP contribution >= 0.6 is 15.9 Å². The van der Waals surface area contributed by atoms with Gasteiger partial charge in [-0.3, -0.25) is 9.59 Å². The maximum absolute atomic E-state index is 14.9. The van der Waals surface area contributed by atoms with Crippen LogP contribution in [0.3, 0.4) is 0 Å². The predicted molar refractivity (Wildman–Crippen MR) is 124 cm³/mol. The van der Waals surface area contributed by atoms with Crippen LogP contribution in [0.5, 0.6) is 0 Å². The number of rotatable bonds is 9. The standard InChI is InChI=1S/C23H34BrFN2O5/c1-8-31-19(28)12-17(16-11-15(24)10-14(4)20(16)25)26-21(29)18(9-13(2)3)27-22(30)32-23(5,6)7/h10-11,13,17-18H,8-9,12H2,1-7H3,(H,26,29)(H,27,30)/t17-,18-/m0/s1. The first kappa shape index (κ1) is 27.9. The van der Waals surface area contributed by atoms with Crippen LogP contribution in [-0.2, 0) is 19.1 Å². The second kappa shape index (κ2) is 12.2. The molecular formula is C23H34BrFN2O5. The van der Waals surface area contributed by atoms with Crippen LogP contribution in [0.4, 0.5) is 9.18 Å². The smallest absolute Gasteiger partial charge is 0.408 e. The fraction of sp³-hybridized carbons (Fsp3) is 0.609. The number of hydrogen-bond donors (Lipinski definition) is 2. The van der Waals surface area contributed by atoms with Crippen LogP contribution < -0.4 is 10.6 Å². The topological polar surface area (TPSA) is 93.7 Å². The zero-order valence-electron chi connectivity index (χ0n) is 19.8. The van der Waals surface area contributed by atoms with Gasteiger partial charge in [-0.1, -0.05) is 29.8 Å². The molecule has 0 unspecified atom stereocenters. The molecule has 2 N–H and O–H groups in total. The average Bonchev–Trinajstić information content (AvgIpc) is 2.61. The predicted octanol–water partition coefficient (Wildman–Crippen LogP) is 4.95. The first-order chi connectivity index (χ1) is 14.7. The maximum atomic E-state index is 14.9. The summed E-state index contributed by atoms with van der Waals surface area (Å²) >= 11 is 3.33. The minimum atomic E-state index is -0.979. The minimum absolute atomic E-state index is 0.0778. The van der Waals surface area contributed by atoms with Gasteiger partial charge in [0.1, 0.15) is 17.5 Å². The largest absolute Gasteiger partial charge is 0.466 e. The normalized spacial score (nSPS) is 13.3. The average molecular weight is 517 g/mol. The lowest BCUT2D eigenvalue weighted by atomic mass is 9.98. The van der Waals surface area contributed by atoms with Gasteiger partial charge in [-0.05, 0) is 64.7 Å².